The third-order valence-corrected chi connectivity index (χ3v) is 5.59. The van der Waals surface area contributed by atoms with Crippen LogP contribution in [0.25, 0.3) is 0 Å². The van der Waals surface area contributed by atoms with Crippen LogP contribution in [0.4, 0.5) is 0 Å². The number of rotatable bonds is 5. The van der Waals surface area contributed by atoms with Crippen LogP contribution in [-0.2, 0) is 26.1 Å². The largest absolute Gasteiger partial charge is 0.274 e. The first kappa shape index (κ1) is 17.7. The summed E-state index contributed by atoms with van der Waals surface area (Å²) in [4.78, 5) is 0. The summed E-state index contributed by atoms with van der Waals surface area (Å²) in [6, 6.07) is 17.4. The van der Waals surface area contributed by atoms with Crippen molar-refractivity contribution in [2.24, 2.45) is 0 Å². The first-order valence-corrected chi connectivity index (χ1v) is 9.15. The monoisotopic (exact) mass is 332 g/mol. The van der Waals surface area contributed by atoms with E-state index < -0.39 is 15.4 Å². The van der Waals surface area contributed by atoms with Gasteiger partial charge in [0.15, 0.2) is 0 Å². The molecule has 2 aromatic carbocycles. The lowest BCUT2D eigenvalue weighted by Gasteiger charge is -2.21. The standard InChI is InChI=1S/C19H24O3S/c1-19(2,3)17-12-10-16(11-13-17)18(23(20,21)22-4)14-15-8-6-5-7-9-15/h5-13,18H,14H2,1-4H3/t18-/m1/s1. The van der Waals surface area contributed by atoms with Crippen LogP contribution >= 0.6 is 0 Å². The van der Waals surface area contributed by atoms with Gasteiger partial charge in [0.1, 0.15) is 5.25 Å². The molecule has 0 N–H and O–H groups in total. The Labute approximate surface area is 139 Å². The molecule has 1 atom stereocenters. The van der Waals surface area contributed by atoms with E-state index in [0.29, 0.717) is 6.42 Å². The fourth-order valence-corrected chi connectivity index (χ4v) is 3.65. The molecule has 0 aliphatic rings. The maximum Gasteiger partial charge on any atom is 0.274 e. The summed E-state index contributed by atoms with van der Waals surface area (Å²) in [5.41, 5.74) is 2.93. The van der Waals surface area contributed by atoms with Gasteiger partial charge in [0, 0.05) is 0 Å². The van der Waals surface area contributed by atoms with Gasteiger partial charge in [0.2, 0.25) is 0 Å². The van der Waals surface area contributed by atoms with Crippen LogP contribution in [0, 0.1) is 0 Å². The summed E-state index contributed by atoms with van der Waals surface area (Å²) in [5, 5.41) is -0.705. The molecule has 3 nitrogen and oxygen atoms in total. The fraction of sp³-hybridized carbons (Fsp3) is 0.368. The maximum atomic E-state index is 12.4. The highest BCUT2D eigenvalue weighted by molar-refractivity contribution is 7.87. The fourth-order valence-electron chi connectivity index (χ4n) is 2.53. The third kappa shape index (κ3) is 4.43. The van der Waals surface area contributed by atoms with Gasteiger partial charge >= 0.3 is 0 Å². The zero-order chi connectivity index (χ0) is 17.1. The zero-order valence-electron chi connectivity index (χ0n) is 14.1. The van der Waals surface area contributed by atoms with Crippen LogP contribution in [0.15, 0.2) is 54.6 Å². The van der Waals surface area contributed by atoms with Gasteiger partial charge in [-0.05, 0) is 28.5 Å². The van der Waals surface area contributed by atoms with Gasteiger partial charge in [0.25, 0.3) is 10.1 Å². The molecule has 23 heavy (non-hydrogen) atoms. The summed E-state index contributed by atoms with van der Waals surface area (Å²) in [6.45, 7) is 6.40. The summed E-state index contributed by atoms with van der Waals surface area (Å²) >= 11 is 0. The van der Waals surface area contributed by atoms with Crippen LogP contribution in [0.1, 0.15) is 42.7 Å². The van der Waals surface area contributed by atoms with Crippen molar-refractivity contribution >= 4 is 10.1 Å². The molecule has 0 aliphatic carbocycles. The average Bonchev–Trinajstić information content (AvgIpc) is 2.53. The van der Waals surface area contributed by atoms with E-state index in [4.69, 9.17) is 4.18 Å². The van der Waals surface area contributed by atoms with Gasteiger partial charge in [-0.15, -0.1) is 0 Å². The molecular formula is C19H24O3S. The molecule has 2 aromatic rings. The third-order valence-electron chi connectivity index (χ3n) is 3.99. The topological polar surface area (TPSA) is 43.4 Å². The molecule has 0 unspecified atom stereocenters. The molecule has 0 saturated heterocycles. The second-order valence-corrected chi connectivity index (χ2v) is 8.60. The maximum absolute atomic E-state index is 12.4. The molecule has 0 amide bonds. The number of hydrogen-bond donors (Lipinski definition) is 0. The Morgan fingerprint density at radius 1 is 0.957 bits per heavy atom. The van der Waals surface area contributed by atoms with Gasteiger partial charge < -0.3 is 0 Å². The van der Waals surface area contributed by atoms with Gasteiger partial charge in [-0.2, -0.15) is 8.42 Å². The lowest BCUT2D eigenvalue weighted by molar-refractivity contribution is 0.387. The van der Waals surface area contributed by atoms with Crippen molar-refractivity contribution in [3.63, 3.8) is 0 Å². The Morgan fingerprint density at radius 2 is 1.52 bits per heavy atom. The summed E-state index contributed by atoms with van der Waals surface area (Å²) in [6.07, 6.45) is 0.395. The molecule has 0 spiro atoms. The van der Waals surface area contributed by atoms with Crippen molar-refractivity contribution in [2.75, 3.05) is 7.11 Å². The van der Waals surface area contributed by atoms with Gasteiger partial charge in [-0.25, -0.2) is 0 Å². The highest BCUT2D eigenvalue weighted by Crippen LogP contribution is 2.30. The molecule has 0 saturated carbocycles. The minimum atomic E-state index is -3.66. The zero-order valence-corrected chi connectivity index (χ0v) is 14.9. The van der Waals surface area contributed by atoms with Crippen molar-refractivity contribution < 1.29 is 12.6 Å². The van der Waals surface area contributed by atoms with Crippen LogP contribution in [0.3, 0.4) is 0 Å². The van der Waals surface area contributed by atoms with Crippen molar-refractivity contribution in [1.29, 1.82) is 0 Å². The van der Waals surface area contributed by atoms with E-state index in [1.807, 2.05) is 54.6 Å². The molecule has 0 aliphatic heterocycles. The summed E-state index contributed by atoms with van der Waals surface area (Å²) in [5.74, 6) is 0. The van der Waals surface area contributed by atoms with Crippen molar-refractivity contribution in [1.82, 2.24) is 0 Å². The highest BCUT2D eigenvalue weighted by Gasteiger charge is 2.28. The first-order chi connectivity index (χ1) is 10.7. The minimum Gasteiger partial charge on any atom is -0.273 e. The highest BCUT2D eigenvalue weighted by atomic mass is 32.2. The molecule has 0 radical (unpaired) electrons. The van der Waals surface area contributed by atoms with E-state index in [0.717, 1.165) is 11.1 Å². The van der Waals surface area contributed by atoms with E-state index in [1.54, 1.807) is 0 Å². The molecule has 0 bridgehead atoms. The van der Waals surface area contributed by atoms with Gasteiger partial charge in [-0.3, -0.25) is 4.18 Å². The summed E-state index contributed by atoms with van der Waals surface area (Å²) in [7, 11) is -2.44. The smallest absolute Gasteiger partial charge is 0.273 e. The Balaban J connectivity index is 2.38. The normalized spacial score (nSPS) is 13.7. The second-order valence-electron chi connectivity index (χ2n) is 6.71. The predicted octanol–water partition coefficient (Wildman–Crippen LogP) is 4.24. The minimum absolute atomic E-state index is 0.0353. The number of hydrogen-bond acceptors (Lipinski definition) is 3. The summed E-state index contributed by atoms with van der Waals surface area (Å²) < 4.78 is 29.5. The molecule has 124 valence electrons. The average molecular weight is 332 g/mol. The van der Waals surface area contributed by atoms with Crippen molar-refractivity contribution in [3.8, 4) is 0 Å². The Morgan fingerprint density at radius 3 is 2.00 bits per heavy atom. The Kier molecular flexibility index (Phi) is 5.27. The molecule has 2 rings (SSSR count). The molecule has 0 aromatic heterocycles. The molecule has 0 fully saturated rings. The molecule has 0 heterocycles. The van der Waals surface area contributed by atoms with E-state index in [9.17, 15) is 8.42 Å². The Bertz CT molecular complexity index is 726. The van der Waals surface area contributed by atoms with Crippen LogP contribution < -0.4 is 0 Å². The van der Waals surface area contributed by atoms with Crippen molar-refractivity contribution in [3.05, 3.63) is 71.3 Å². The lowest BCUT2D eigenvalue weighted by atomic mass is 9.86. The van der Waals surface area contributed by atoms with E-state index in [1.165, 1.54) is 12.7 Å². The predicted molar refractivity (Wildman–Crippen MR) is 94.0 cm³/mol. The van der Waals surface area contributed by atoms with Crippen molar-refractivity contribution in [2.45, 2.75) is 37.9 Å². The second kappa shape index (κ2) is 6.85. The van der Waals surface area contributed by atoms with E-state index >= 15 is 0 Å². The first-order valence-electron chi connectivity index (χ1n) is 7.68. The Hall–Kier alpha value is -1.65. The van der Waals surface area contributed by atoms with Crippen LogP contribution in [0.5, 0.6) is 0 Å². The quantitative estimate of drug-likeness (QED) is 0.769. The van der Waals surface area contributed by atoms with Gasteiger partial charge in [0.05, 0.1) is 7.11 Å². The number of benzene rings is 2. The van der Waals surface area contributed by atoms with Crippen LogP contribution in [0.2, 0.25) is 0 Å². The van der Waals surface area contributed by atoms with E-state index in [2.05, 4.69) is 20.8 Å². The van der Waals surface area contributed by atoms with Crippen LogP contribution in [-0.4, -0.2) is 15.5 Å². The van der Waals surface area contributed by atoms with Gasteiger partial charge in [-0.1, -0.05) is 75.4 Å². The van der Waals surface area contributed by atoms with E-state index in [-0.39, 0.29) is 5.41 Å². The lowest BCUT2D eigenvalue weighted by Crippen LogP contribution is -2.18. The SMILES string of the molecule is COS(=O)(=O)[C@H](Cc1ccccc1)c1ccc(C(C)(C)C)cc1. The molecular weight excluding hydrogens is 308 g/mol. The molecule has 4 heteroatoms.